The number of amides is 2. The Hall–Kier alpha value is -3.74. The fourth-order valence-corrected chi connectivity index (χ4v) is 2.51. The Kier molecular flexibility index (Phi) is 5.96. The van der Waals surface area contributed by atoms with E-state index < -0.39 is 11.7 Å². The molecule has 0 aliphatic carbocycles. The molecule has 7 heteroatoms. The number of halogens is 1. The monoisotopic (exact) mass is 380 g/mol. The van der Waals surface area contributed by atoms with E-state index in [1.165, 1.54) is 30.5 Å². The molecule has 0 spiro atoms. The highest BCUT2D eigenvalue weighted by atomic mass is 19.1. The molecular weight excluding hydrogens is 363 g/mol. The van der Waals surface area contributed by atoms with Crippen LogP contribution in [0.15, 0.2) is 71.3 Å². The summed E-state index contributed by atoms with van der Waals surface area (Å²) in [5, 5.41) is 5.35. The van der Waals surface area contributed by atoms with Gasteiger partial charge in [-0.05, 0) is 54.6 Å². The van der Waals surface area contributed by atoms with Crippen LogP contribution in [0.4, 0.5) is 15.8 Å². The van der Waals surface area contributed by atoms with Crippen molar-refractivity contribution in [2.75, 3.05) is 10.6 Å². The average Bonchev–Trinajstić information content (AvgIpc) is 3.22. The van der Waals surface area contributed by atoms with Crippen molar-refractivity contribution in [1.29, 1.82) is 0 Å². The first kappa shape index (κ1) is 19.0. The molecule has 0 saturated heterocycles. The van der Waals surface area contributed by atoms with Gasteiger partial charge in [-0.25, -0.2) is 4.39 Å². The summed E-state index contributed by atoms with van der Waals surface area (Å²) in [6.07, 6.45) is 1.39. The number of hydrogen-bond donors (Lipinski definition) is 2. The molecule has 3 aromatic rings. The predicted octanol–water partition coefficient (Wildman–Crippen LogP) is 4.27. The van der Waals surface area contributed by atoms with E-state index in [4.69, 9.17) is 4.42 Å². The van der Waals surface area contributed by atoms with Gasteiger partial charge in [0.25, 0.3) is 5.91 Å². The van der Waals surface area contributed by atoms with Crippen molar-refractivity contribution in [3.63, 3.8) is 0 Å². The third-order valence-corrected chi connectivity index (χ3v) is 3.89. The molecule has 0 aliphatic heterocycles. The number of hydrogen-bond acceptors (Lipinski definition) is 4. The number of nitrogens with one attached hydrogen (secondary N) is 2. The molecule has 0 atom stereocenters. The molecule has 142 valence electrons. The maximum atomic E-state index is 12.9. The highest BCUT2D eigenvalue weighted by Gasteiger charge is 2.11. The second-order valence-corrected chi connectivity index (χ2v) is 5.99. The molecule has 1 heterocycles. The van der Waals surface area contributed by atoms with Gasteiger partial charge in [0.15, 0.2) is 11.5 Å². The zero-order valence-electron chi connectivity index (χ0n) is 14.8. The van der Waals surface area contributed by atoms with Crippen molar-refractivity contribution in [1.82, 2.24) is 0 Å². The normalized spacial score (nSPS) is 10.3. The van der Waals surface area contributed by atoms with Crippen molar-refractivity contribution in [3.05, 3.63) is 84.1 Å². The Bertz CT molecular complexity index is 982. The van der Waals surface area contributed by atoms with Gasteiger partial charge in [-0.15, -0.1) is 0 Å². The van der Waals surface area contributed by atoms with Gasteiger partial charge in [-0.1, -0.05) is 6.07 Å². The minimum Gasteiger partial charge on any atom is -0.459 e. The summed E-state index contributed by atoms with van der Waals surface area (Å²) in [5.74, 6) is -1.24. The quantitative estimate of drug-likeness (QED) is 0.599. The van der Waals surface area contributed by atoms with Gasteiger partial charge in [-0.2, -0.15) is 0 Å². The second-order valence-electron chi connectivity index (χ2n) is 5.99. The largest absolute Gasteiger partial charge is 0.459 e. The molecule has 0 unspecified atom stereocenters. The van der Waals surface area contributed by atoms with Crippen molar-refractivity contribution in [2.45, 2.75) is 12.8 Å². The molecule has 1 aromatic heterocycles. The molecule has 28 heavy (non-hydrogen) atoms. The van der Waals surface area contributed by atoms with Crippen LogP contribution in [-0.4, -0.2) is 17.6 Å². The van der Waals surface area contributed by atoms with Gasteiger partial charge in [0.05, 0.1) is 6.26 Å². The third kappa shape index (κ3) is 5.14. The van der Waals surface area contributed by atoms with E-state index in [1.54, 1.807) is 36.4 Å². The lowest BCUT2D eigenvalue weighted by atomic mass is 10.1. The van der Waals surface area contributed by atoms with Crippen molar-refractivity contribution < 1.29 is 23.2 Å². The number of benzene rings is 2. The van der Waals surface area contributed by atoms with E-state index in [2.05, 4.69) is 10.6 Å². The van der Waals surface area contributed by atoms with E-state index in [0.717, 1.165) is 0 Å². The molecule has 2 aromatic carbocycles. The topological polar surface area (TPSA) is 88.4 Å². The zero-order chi connectivity index (χ0) is 19.9. The van der Waals surface area contributed by atoms with Crippen molar-refractivity contribution >= 4 is 29.0 Å². The van der Waals surface area contributed by atoms with Gasteiger partial charge in [0.1, 0.15) is 5.82 Å². The average molecular weight is 380 g/mol. The first-order valence-corrected chi connectivity index (χ1v) is 8.55. The van der Waals surface area contributed by atoms with Gasteiger partial charge < -0.3 is 15.1 Å². The number of furan rings is 1. The Morgan fingerprint density at radius 1 is 0.857 bits per heavy atom. The molecule has 2 amide bonds. The number of anilines is 2. The van der Waals surface area contributed by atoms with Crippen LogP contribution in [0.3, 0.4) is 0 Å². The van der Waals surface area contributed by atoms with Crippen LogP contribution < -0.4 is 10.6 Å². The first-order valence-electron chi connectivity index (χ1n) is 8.55. The standard InChI is InChI=1S/C21H17FN2O4/c22-15-8-6-14(7-9-15)18(25)10-11-20(26)23-16-3-1-4-17(13-16)24-21(27)19-5-2-12-28-19/h1-9,12-13H,10-11H2,(H,23,26)(H,24,27). The maximum Gasteiger partial charge on any atom is 0.291 e. The predicted molar refractivity (Wildman–Crippen MR) is 102 cm³/mol. The van der Waals surface area contributed by atoms with Gasteiger partial charge in [-0.3, -0.25) is 14.4 Å². The summed E-state index contributed by atoms with van der Waals surface area (Å²) in [6.45, 7) is 0. The molecule has 3 rings (SSSR count). The van der Waals surface area contributed by atoms with Crippen LogP contribution in [0.2, 0.25) is 0 Å². The number of Topliss-reactive ketones (excluding diaryl/α,β-unsaturated/α-hetero) is 1. The van der Waals surface area contributed by atoms with Crippen LogP contribution >= 0.6 is 0 Å². The minimum atomic E-state index is -0.423. The van der Waals surface area contributed by atoms with Crippen LogP contribution in [-0.2, 0) is 4.79 Å². The van der Waals surface area contributed by atoms with Crippen molar-refractivity contribution in [3.8, 4) is 0 Å². The van der Waals surface area contributed by atoms with Crippen LogP contribution in [0.5, 0.6) is 0 Å². The zero-order valence-corrected chi connectivity index (χ0v) is 14.8. The molecule has 0 radical (unpaired) electrons. The summed E-state index contributed by atoms with van der Waals surface area (Å²) >= 11 is 0. The second kappa shape index (κ2) is 8.77. The molecular formula is C21H17FN2O4. The molecule has 6 nitrogen and oxygen atoms in total. The van der Waals surface area contributed by atoms with E-state index in [0.29, 0.717) is 16.9 Å². The summed E-state index contributed by atoms with van der Waals surface area (Å²) in [7, 11) is 0. The number of carbonyl (C=O) groups is 3. The lowest BCUT2D eigenvalue weighted by Crippen LogP contribution is -2.14. The van der Waals surface area contributed by atoms with E-state index >= 15 is 0 Å². The highest BCUT2D eigenvalue weighted by molar-refractivity contribution is 6.03. The fourth-order valence-electron chi connectivity index (χ4n) is 2.51. The third-order valence-electron chi connectivity index (χ3n) is 3.89. The molecule has 0 fully saturated rings. The van der Waals surface area contributed by atoms with Crippen molar-refractivity contribution in [2.24, 2.45) is 0 Å². The Labute approximate surface area is 160 Å². The molecule has 0 aliphatic rings. The summed E-state index contributed by atoms with van der Waals surface area (Å²) in [6, 6.07) is 15.0. The lowest BCUT2D eigenvalue weighted by Gasteiger charge is -2.08. The fraction of sp³-hybridized carbons (Fsp3) is 0.0952. The minimum absolute atomic E-state index is 0.00634. The SMILES string of the molecule is O=C(CCC(=O)c1ccc(F)cc1)Nc1cccc(NC(=O)c2ccco2)c1. The number of rotatable bonds is 7. The summed E-state index contributed by atoms with van der Waals surface area (Å²) in [5.41, 5.74) is 1.33. The van der Waals surface area contributed by atoms with Gasteiger partial charge in [0.2, 0.25) is 5.91 Å². The first-order chi connectivity index (χ1) is 13.5. The highest BCUT2D eigenvalue weighted by Crippen LogP contribution is 2.17. The van der Waals surface area contributed by atoms with Crippen LogP contribution in [0.25, 0.3) is 0 Å². The van der Waals surface area contributed by atoms with Crippen LogP contribution in [0, 0.1) is 5.82 Å². The Morgan fingerprint density at radius 3 is 2.25 bits per heavy atom. The smallest absolute Gasteiger partial charge is 0.291 e. The van der Waals surface area contributed by atoms with E-state index in [-0.39, 0.29) is 30.3 Å². The Balaban J connectivity index is 1.53. The molecule has 0 bridgehead atoms. The maximum absolute atomic E-state index is 12.9. The Morgan fingerprint density at radius 2 is 1.57 bits per heavy atom. The van der Waals surface area contributed by atoms with Gasteiger partial charge >= 0.3 is 0 Å². The van der Waals surface area contributed by atoms with Crippen LogP contribution in [0.1, 0.15) is 33.8 Å². The summed E-state index contributed by atoms with van der Waals surface area (Å²) < 4.78 is 17.9. The van der Waals surface area contributed by atoms with Gasteiger partial charge in [0, 0.05) is 29.8 Å². The number of ketones is 1. The molecule has 2 N–H and O–H groups in total. The molecule has 0 saturated carbocycles. The summed E-state index contributed by atoms with van der Waals surface area (Å²) in [4.78, 5) is 36.1. The van der Waals surface area contributed by atoms with E-state index in [1.807, 2.05) is 0 Å². The van der Waals surface area contributed by atoms with E-state index in [9.17, 15) is 18.8 Å². The lowest BCUT2D eigenvalue weighted by molar-refractivity contribution is -0.116. The number of carbonyl (C=O) groups excluding carboxylic acids is 3.